The van der Waals surface area contributed by atoms with Crippen molar-refractivity contribution in [3.8, 4) is 5.75 Å². The number of rotatable bonds is 3. The highest BCUT2D eigenvalue weighted by Gasteiger charge is 2.36. The van der Waals surface area contributed by atoms with E-state index in [1.165, 1.54) is 5.56 Å². The summed E-state index contributed by atoms with van der Waals surface area (Å²) in [5.74, 6) is 1.06. The monoisotopic (exact) mass is 330 g/mol. The van der Waals surface area contributed by atoms with Crippen molar-refractivity contribution in [1.82, 2.24) is 9.80 Å². The van der Waals surface area contributed by atoms with Crippen molar-refractivity contribution in [2.24, 2.45) is 5.92 Å². The van der Waals surface area contributed by atoms with Gasteiger partial charge in [-0.3, -0.25) is 9.59 Å². The van der Waals surface area contributed by atoms with Gasteiger partial charge in [-0.1, -0.05) is 12.1 Å². The van der Waals surface area contributed by atoms with Crippen LogP contribution in [0.5, 0.6) is 5.75 Å². The molecule has 3 rings (SSSR count). The second kappa shape index (κ2) is 7.24. The first kappa shape index (κ1) is 16.8. The standard InChI is InChI=1S/C19H26N2O3/c1-14(22)20-11-3-5-16(13-20)19(23)21-12-4-6-18(21)15-7-9-17(24-2)10-8-15/h7-10,16,18H,3-6,11-13H2,1-2H3/t16-,18-/m0/s1. The molecule has 5 heteroatoms. The number of hydrogen-bond acceptors (Lipinski definition) is 3. The van der Waals surface area contributed by atoms with Crippen LogP contribution < -0.4 is 4.74 Å². The molecule has 2 aliphatic heterocycles. The molecule has 2 amide bonds. The largest absolute Gasteiger partial charge is 0.497 e. The quantitative estimate of drug-likeness (QED) is 0.856. The maximum absolute atomic E-state index is 13.0. The Morgan fingerprint density at radius 1 is 1.08 bits per heavy atom. The van der Waals surface area contributed by atoms with Gasteiger partial charge in [0.25, 0.3) is 0 Å². The van der Waals surface area contributed by atoms with Crippen LogP contribution in [-0.4, -0.2) is 48.4 Å². The van der Waals surface area contributed by atoms with Crippen molar-refractivity contribution in [2.75, 3.05) is 26.7 Å². The van der Waals surface area contributed by atoms with E-state index in [1.807, 2.05) is 21.9 Å². The van der Waals surface area contributed by atoms with Crippen LogP contribution in [0.3, 0.4) is 0 Å². The van der Waals surface area contributed by atoms with Gasteiger partial charge in [0.1, 0.15) is 5.75 Å². The summed E-state index contributed by atoms with van der Waals surface area (Å²) in [6.45, 7) is 3.75. The van der Waals surface area contributed by atoms with E-state index in [4.69, 9.17) is 4.74 Å². The van der Waals surface area contributed by atoms with Crippen LogP contribution in [-0.2, 0) is 9.59 Å². The fourth-order valence-electron chi connectivity index (χ4n) is 3.90. The minimum atomic E-state index is -0.0542. The maximum Gasteiger partial charge on any atom is 0.227 e. The number of piperidine rings is 1. The maximum atomic E-state index is 13.0. The normalized spacial score (nSPS) is 24.1. The van der Waals surface area contributed by atoms with Gasteiger partial charge < -0.3 is 14.5 Å². The lowest BCUT2D eigenvalue weighted by Gasteiger charge is -2.35. The van der Waals surface area contributed by atoms with Crippen LogP contribution >= 0.6 is 0 Å². The third-order valence-electron chi connectivity index (χ3n) is 5.25. The molecular formula is C19H26N2O3. The summed E-state index contributed by atoms with van der Waals surface area (Å²) in [4.78, 5) is 28.5. The molecule has 0 bridgehead atoms. The molecular weight excluding hydrogens is 304 g/mol. The minimum Gasteiger partial charge on any atom is -0.497 e. The molecule has 0 aliphatic carbocycles. The first-order valence-corrected chi connectivity index (χ1v) is 8.80. The van der Waals surface area contributed by atoms with Crippen LogP contribution in [0.2, 0.25) is 0 Å². The van der Waals surface area contributed by atoms with Gasteiger partial charge in [0, 0.05) is 26.6 Å². The first-order valence-electron chi connectivity index (χ1n) is 8.80. The van der Waals surface area contributed by atoms with E-state index < -0.39 is 0 Å². The van der Waals surface area contributed by atoms with Gasteiger partial charge in [0.15, 0.2) is 0 Å². The highest BCUT2D eigenvalue weighted by molar-refractivity contribution is 5.81. The number of hydrogen-bond donors (Lipinski definition) is 0. The Hall–Kier alpha value is -2.04. The molecule has 2 aliphatic rings. The molecule has 0 saturated carbocycles. The van der Waals surface area contributed by atoms with Crippen LogP contribution in [0.15, 0.2) is 24.3 Å². The molecule has 24 heavy (non-hydrogen) atoms. The smallest absolute Gasteiger partial charge is 0.227 e. The lowest BCUT2D eigenvalue weighted by Crippen LogP contribution is -2.46. The fourth-order valence-corrected chi connectivity index (χ4v) is 3.90. The molecule has 2 saturated heterocycles. The number of carbonyl (C=O) groups is 2. The topological polar surface area (TPSA) is 49.9 Å². The Labute approximate surface area is 143 Å². The van der Waals surface area contributed by atoms with E-state index >= 15 is 0 Å². The Bertz CT molecular complexity index is 599. The highest BCUT2D eigenvalue weighted by Crippen LogP contribution is 2.35. The van der Waals surface area contributed by atoms with Crippen LogP contribution in [0.4, 0.5) is 0 Å². The molecule has 2 fully saturated rings. The van der Waals surface area contributed by atoms with Crippen LogP contribution in [0, 0.1) is 5.92 Å². The third-order valence-corrected chi connectivity index (χ3v) is 5.25. The van der Waals surface area contributed by atoms with Gasteiger partial charge in [-0.2, -0.15) is 0 Å². The zero-order chi connectivity index (χ0) is 17.1. The van der Waals surface area contributed by atoms with Crippen molar-refractivity contribution in [2.45, 2.75) is 38.6 Å². The predicted molar refractivity (Wildman–Crippen MR) is 91.7 cm³/mol. The predicted octanol–water partition coefficient (Wildman–Crippen LogP) is 2.62. The Balaban J connectivity index is 1.72. The summed E-state index contributed by atoms with van der Waals surface area (Å²) >= 11 is 0. The van der Waals surface area contributed by atoms with Gasteiger partial charge in [-0.15, -0.1) is 0 Å². The van der Waals surface area contributed by atoms with Crippen molar-refractivity contribution in [3.05, 3.63) is 29.8 Å². The average molecular weight is 330 g/mol. The van der Waals surface area contributed by atoms with Gasteiger partial charge in [0.2, 0.25) is 11.8 Å². The van der Waals surface area contributed by atoms with E-state index in [-0.39, 0.29) is 23.8 Å². The second-order valence-corrected chi connectivity index (χ2v) is 6.77. The van der Waals surface area contributed by atoms with Crippen molar-refractivity contribution in [1.29, 1.82) is 0 Å². The van der Waals surface area contributed by atoms with Crippen molar-refractivity contribution >= 4 is 11.8 Å². The number of ether oxygens (including phenoxy) is 1. The van der Waals surface area contributed by atoms with Crippen LogP contribution in [0.1, 0.15) is 44.2 Å². The van der Waals surface area contributed by atoms with Crippen molar-refractivity contribution < 1.29 is 14.3 Å². The molecule has 0 radical (unpaired) electrons. The average Bonchev–Trinajstić information content (AvgIpc) is 3.11. The molecule has 0 N–H and O–H groups in total. The number of benzene rings is 1. The Morgan fingerprint density at radius 3 is 2.46 bits per heavy atom. The number of carbonyl (C=O) groups excluding carboxylic acids is 2. The molecule has 0 unspecified atom stereocenters. The number of likely N-dealkylation sites (tertiary alicyclic amines) is 2. The molecule has 1 aromatic rings. The third kappa shape index (κ3) is 3.40. The van der Waals surface area contributed by atoms with E-state index in [2.05, 4.69) is 12.1 Å². The molecule has 5 nitrogen and oxygen atoms in total. The Morgan fingerprint density at radius 2 is 1.79 bits per heavy atom. The molecule has 1 aromatic carbocycles. The fraction of sp³-hybridized carbons (Fsp3) is 0.579. The number of methoxy groups -OCH3 is 1. The highest BCUT2D eigenvalue weighted by atomic mass is 16.5. The molecule has 130 valence electrons. The SMILES string of the molecule is COc1ccc([C@@H]2CCCN2C(=O)[C@H]2CCCN(C(C)=O)C2)cc1. The molecule has 2 atom stereocenters. The summed E-state index contributed by atoms with van der Waals surface area (Å²) < 4.78 is 5.22. The zero-order valence-corrected chi connectivity index (χ0v) is 14.5. The van der Waals surface area contributed by atoms with Crippen molar-refractivity contribution in [3.63, 3.8) is 0 Å². The van der Waals surface area contributed by atoms with Gasteiger partial charge in [-0.25, -0.2) is 0 Å². The van der Waals surface area contributed by atoms with E-state index in [1.54, 1.807) is 14.0 Å². The summed E-state index contributed by atoms with van der Waals surface area (Å²) in [5.41, 5.74) is 1.17. The summed E-state index contributed by atoms with van der Waals surface area (Å²) in [6, 6.07) is 8.16. The first-order chi connectivity index (χ1) is 11.6. The van der Waals surface area contributed by atoms with Crippen LogP contribution in [0.25, 0.3) is 0 Å². The lowest BCUT2D eigenvalue weighted by molar-refractivity contribution is -0.140. The summed E-state index contributed by atoms with van der Waals surface area (Å²) in [6.07, 6.45) is 3.83. The van der Waals surface area contributed by atoms with E-state index in [0.717, 1.165) is 44.5 Å². The molecule has 2 heterocycles. The van der Waals surface area contributed by atoms with Gasteiger partial charge in [-0.05, 0) is 43.4 Å². The number of amides is 2. The lowest BCUT2D eigenvalue weighted by atomic mass is 9.95. The summed E-state index contributed by atoms with van der Waals surface area (Å²) in [5, 5.41) is 0. The molecule has 0 aromatic heterocycles. The second-order valence-electron chi connectivity index (χ2n) is 6.77. The Kier molecular flexibility index (Phi) is 5.07. The van der Waals surface area contributed by atoms with Gasteiger partial charge in [0.05, 0.1) is 19.1 Å². The molecule has 0 spiro atoms. The van der Waals surface area contributed by atoms with Gasteiger partial charge >= 0.3 is 0 Å². The van der Waals surface area contributed by atoms with E-state index in [9.17, 15) is 9.59 Å². The zero-order valence-electron chi connectivity index (χ0n) is 14.5. The van der Waals surface area contributed by atoms with E-state index in [0.29, 0.717) is 6.54 Å². The summed E-state index contributed by atoms with van der Waals surface area (Å²) in [7, 11) is 1.66. The minimum absolute atomic E-state index is 0.0542. The number of nitrogens with zero attached hydrogens (tertiary/aromatic N) is 2.